The van der Waals surface area contributed by atoms with E-state index in [1.165, 1.54) is 0 Å². The molecule has 0 radical (unpaired) electrons. The molecule has 3 aliphatic heterocycles. The van der Waals surface area contributed by atoms with Crippen LogP contribution in [0.5, 0.6) is 0 Å². The molecule has 2 saturated carbocycles. The first-order valence-corrected chi connectivity index (χ1v) is 15.1. The number of hydrogen-bond acceptors (Lipinski definition) is 7. The Morgan fingerprint density at radius 2 is 1.97 bits per heavy atom. The van der Waals surface area contributed by atoms with Crippen molar-refractivity contribution in [3.63, 3.8) is 0 Å². The monoisotopic (exact) mass is 599 g/mol. The topological polar surface area (TPSA) is 88.5 Å². The Labute approximate surface area is 238 Å². The minimum atomic E-state index is -1.22. The summed E-state index contributed by atoms with van der Waals surface area (Å²) in [5.41, 5.74) is -0.105. The molecule has 3 saturated heterocycles. The molecule has 2 N–H and O–H groups in total. The molecule has 1 aromatic rings. The summed E-state index contributed by atoms with van der Waals surface area (Å²) in [4.78, 5) is 15.4. The number of rotatable bonds is 3. The van der Waals surface area contributed by atoms with Crippen molar-refractivity contribution in [1.29, 1.82) is 0 Å². The largest absolute Gasteiger partial charge is 0.455 e. The molecule has 0 amide bonds. The quantitative estimate of drug-likeness (QED) is 0.394. The standard InChI is InChI=1S/C31H38BrNO6/c1-19(38-26(35)20-4-7-22(32)8-5-20)23-10-11-30-24-9-6-21-16-29(36)13-12-27(21,2)31(24,39-29)25(34)17-28(23,30)18-33(3)14-15-37-30/h4-5,7-10,19,21,25,34,36H,6,11-18H2,1-3H3/t19-,21+,25+,27-,28-,29+,30?,31-/m0/s1. The highest BCUT2D eigenvalue weighted by Crippen LogP contribution is 2.74. The molecule has 8 rings (SSSR count). The number of aliphatic hydroxyl groups excluding tert-OH is 1. The predicted molar refractivity (Wildman–Crippen MR) is 148 cm³/mol. The number of nitrogens with zero attached hydrogens (tertiary/aromatic N) is 1. The van der Waals surface area contributed by atoms with Gasteiger partial charge in [-0.3, -0.25) is 0 Å². The van der Waals surface area contributed by atoms with Gasteiger partial charge < -0.3 is 29.3 Å². The summed E-state index contributed by atoms with van der Waals surface area (Å²) in [6.07, 6.45) is 7.02. The van der Waals surface area contributed by atoms with E-state index in [-0.39, 0.29) is 17.3 Å². The van der Waals surface area contributed by atoms with Gasteiger partial charge in [0.05, 0.1) is 18.3 Å². The van der Waals surface area contributed by atoms with Gasteiger partial charge in [-0.05, 0) is 81.0 Å². The number of halogens is 1. The number of aliphatic hydroxyl groups is 2. The number of fused-ring (bicyclic) bond motifs is 1. The number of carbonyl (C=O) groups excluding carboxylic acids is 1. The molecule has 1 aromatic carbocycles. The Bertz CT molecular complexity index is 1280. The Balaban J connectivity index is 1.31. The molecular formula is C31H38BrNO6. The van der Waals surface area contributed by atoms with E-state index in [0.29, 0.717) is 44.4 Å². The average molecular weight is 601 g/mol. The first kappa shape index (κ1) is 26.4. The smallest absolute Gasteiger partial charge is 0.338 e. The molecule has 4 bridgehead atoms. The van der Waals surface area contributed by atoms with Crippen molar-refractivity contribution in [3.05, 3.63) is 57.6 Å². The van der Waals surface area contributed by atoms with E-state index < -0.39 is 34.6 Å². The van der Waals surface area contributed by atoms with Crippen LogP contribution >= 0.6 is 15.9 Å². The van der Waals surface area contributed by atoms with Crippen molar-refractivity contribution in [1.82, 2.24) is 4.90 Å². The van der Waals surface area contributed by atoms with Crippen LogP contribution in [0, 0.1) is 16.7 Å². The molecule has 39 heavy (non-hydrogen) atoms. The Kier molecular flexibility index (Phi) is 5.74. The maximum atomic E-state index is 13.2. The van der Waals surface area contributed by atoms with Crippen LogP contribution in [-0.2, 0) is 14.2 Å². The minimum Gasteiger partial charge on any atom is -0.455 e. The molecule has 1 spiro atoms. The van der Waals surface area contributed by atoms with Crippen molar-refractivity contribution in [2.24, 2.45) is 16.7 Å². The highest BCUT2D eigenvalue weighted by atomic mass is 79.9. The fraction of sp³-hybridized carbons (Fsp3) is 0.645. The summed E-state index contributed by atoms with van der Waals surface area (Å²) < 4.78 is 20.7. The highest BCUT2D eigenvalue weighted by Gasteiger charge is 2.79. The van der Waals surface area contributed by atoms with Crippen molar-refractivity contribution in [2.75, 3.05) is 26.7 Å². The molecule has 210 valence electrons. The van der Waals surface area contributed by atoms with Crippen molar-refractivity contribution in [3.8, 4) is 0 Å². The van der Waals surface area contributed by atoms with Gasteiger partial charge in [-0.25, -0.2) is 4.79 Å². The fourth-order valence-electron chi connectivity index (χ4n) is 9.49. The average Bonchev–Trinajstić information content (AvgIpc) is 3.10. The van der Waals surface area contributed by atoms with Crippen LogP contribution in [-0.4, -0.2) is 77.0 Å². The third-order valence-electron chi connectivity index (χ3n) is 11.3. The van der Waals surface area contributed by atoms with Crippen molar-refractivity contribution >= 4 is 21.9 Å². The molecule has 1 unspecified atom stereocenters. The number of hydrogen-bond donors (Lipinski definition) is 2. The van der Waals surface area contributed by atoms with E-state index in [9.17, 15) is 15.0 Å². The van der Waals surface area contributed by atoms with Crippen LogP contribution in [0.15, 0.2) is 52.0 Å². The molecule has 7 nitrogen and oxygen atoms in total. The lowest BCUT2D eigenvalue weighted by atomic mass is 9.41. The Morgan fingerprint density at radius 3 is 2.74 bits per heavy atom. The molecule has 3 heterocycles. The third kappa shape index (κ3) is 3.30. The van der Waals surface area contributed by atoms with Gasteiger partial charge in [0, 0.05) is 41.2 Å². The van der Waals surface area contributed by atoms with Gasteiger partial charge >= 0.3 is 5.97 Å². The molecule has 8 heteroatoms. The van der Waals surface area contributed by atoms with E-state index in [1.54, 1.807) is 12.1 Å². The third-order valence-corrected chi connectivity index (χ3v) is 11.8. The van der Waals surface area contributed by atoms with Crippen molar-refractivity contribution in [2.45, 2.75) is 81.6 Å². The van der Waals surface area contributed by atoms with Crippen LogP contribution in [0.1, 0.15) is 62.7 Å². The normalized spacial score (nSPS) is 45.3. The van der Waals surface area contributed by atoms with Crippen LogP contribution in [0.25, 0.3) is 0 Å². The van der Waals surface area contributed by atoms with Gasteiger partial charge in [-0.1, -0.05) is 35.0 Å². The first-order valence-electron chi connectivity index (χ1n) is 14.3. The summed E-state index contributed by atoms with van der Waals surface area (Å²) >= 11 is 3.42. The van der Waals surface area contributed by atoms with Crippen LogP contribution in [0.2, 0.25) is 0 Å². The van der Waals surface area contributed by atoms with Crippen molar-refractivity contribution < 1.29 is 29.2 Å². The van der Waals surface area contributed by atoms with Crippen LogP contribution in [0.3, 0.4) is 0 Å². The molecule has 7 aliphatic rings. The second-order valence-electron chi connectivity index (χ2n) is 13.1. The lowest BCUT2D eigenvalue weighted by Crippen LogP contribution is -2.79. The molecular weight excluding hydrogens is 562 g/mol. The van der Waals surface area contributed by atoms with E-state index in [4.69, 9.17) is 14.2 Å². The zero-order valence-electron chi connectivity index (χ0n) is 22.9. The second kappa shape index (κ2) is 8.49. The summed E-state index contributed by atoms with van der Waals surface area (Å²) in [5.74, 6) is -1.34. The number of ether oxygens (including phenoxy) is 3. The number of carbonyl (C=O) groups is 1. The summed E-state index contributed by atoms with van der Waals surface area (Å²) in [5, 5.41) is 23.8. The molecule has 4 aliphatic carbocycles. The number of benzene rings is 1. The van der Waals surface area contributed by atoms with Gasteiger partial charge in [0.25, 0.3) is 0 Å². The van der Waals surface area contributed by atoms with E-state index in [2.05, 4.69) is 47.0 Å². The van der Waals surface area contributed by atoms with Gasteiger partial charge in [0.15, 0.2) is 5.79 Å². The number of esters is 1. The SMILES string of the molecule is C[C@H](OC(=O)c1ccc(Br)cc1)C1=CCC23OCCN(C)C[C@@]12C[C@@H](O)[C@]12O[C@]4(O)CC[C@@]1(C)[C@H](CC=C32)C4. The van der Waals surface area contributed by atoms with E-state index in [0.717, 1.165) is 35.0 Å². The fourth-order valence-corrected chi connectivity index (χ4v) is 9.75. The number of likely N-dealkylation sites (N-methyl/N-ethyl adjacent to an activating group) is 1. The zero-order chi connectivity index (χ0) is 27.4. The van der Waals surface area contributed by atoms with Crippen LogP contribution in [0.4, 0.5) is 0 Å². The summed E-state index contributed by atoms with van der Waals surface area (Å²) in [7, 11) is 2.09. The van der Waals surface area contributed by atoms with Gasteiger partial charge in [0.1, 0.15) is 17.3 Å². The maximum absolute atomic E-state index is 13.2. The Hall–Kier alpha value is -1.55. The summed E-state index contributed by atoms with van der Waals surface area (Å²) in [6.45, 7) is 6.19. The molecule has 0 aromatic heterocycles. The maximum Gasteiger partial charge on any atom is 0.338 e. The lowest BCUT2D eigenvalue weighted by molar-refractivity contribution is -0.401. The summed E-state index contributed by atoms with van der Waals surface area (Å²) in [6, 6.07) is 7.18. The van der Waals surface area contributed by atoms with Gasteiger partial charge in [-0.2, -0.15) is 0 Å². The first-order chi connectivity index (χ1) is 18.5. The van der Waals surface area contributed by atoms with Crippen LogP contribution < -0.4 is 0 Å². The van der Waals surface area contributed by atoms with E-state index >= 15 is 0 Å². The number of allylic oxidation sites excluding steroid dienone is 1. The lowest BCUT2D eigenvalue weighted by Gasteiger charge is -2.73. The second-order valence-corrected chi connectivity index (χ2v) is 14.0. The molecule has 8 atom stereocenters. The van der Waals surface area contributed by atoms with Gasteiger partial charge in [0.2, 0.25) is 0 Å². The predicted octanol–water partition coefficient (Wildman–Crippen LogP) is 4.37. The Morgan fingerprint density at radius 1 is 1.21 bits per heavy atom. The molecule has 5 fully saturated rings. The van der Waals surface area contributed by atoms with E-state index in [1.807, 2.05) is 19.1 Å². The zero-order valence-corrected chi connectivity index (χ0v) is 24.5. The van der Waals surface area contributed by atoms with Gasteiger partial charge in [-0.15, -0.1) is 0 Å². The highest BCUT2D eigenvalue weighted by molar-refractivity contribution is 9.10. The minimum absolute atomic E-state index is 0.250.